The number of carboxylic acid groups (broad SMARTS) is 1. The molecule has 1 unspecified atom stereocenters. The van der Waals surface area contributed by atoms with Gasteiger partial charge in [-0.25, -0.2) is 9.78 Å². The number of likely N-dealkylation sites (tertiary alicyclic amines) is 1. The van der Waals surface area contributed by atoms with Crippen molar-refractivity contribution in [3.05, 3.63) is 40.3 Å². The van der Waals surface area contributed by atoms with Crippen LogP contribution in [0.15, 0.2) is 29.1 Å². The Bertz CT molecular complexity index is 1130. The van der Waals surface area contributed by atoms with E-state index in [2.05, 4.69) is 9.88 Å². The summed E-state index contributed by atoms with van der Waals surface area (Å²) in [6.07, 6.45) is 11.7. The molecule has 7 rings (SSSR count). The lowest BCUT2D eigenvalue weighted by atomic mass is 9.39. The standard InChI is InChI=1S/C25H29N3O3/c29-23-21(24(30)31)26-16-9-1-2-10-17(16)27(23)19-13-20-25(19)12-11-18(25)28(20)22-14-5-3-6-15(22)8-4-7-14/h1-2,9-10,14-15,18-20,22H,3-8,11-13H2,(H,30,31)/t14?,15?,18-,19-,20-,22?,25?/m1/s1. The summed E-state index contributed by atoms with van der Waals surface area (Å²) in [4.78, 5) is 32.1. The molecular weight excluding hydrogens is 390 g/mol. The molecule has 5 fully saturated rings. The zero-order valence-corrected chi connectivity index (χ0v) is 17.7. The maximum atomic E-state index is 13.3. The van der Waals surface area contributed by atoms with Crippen LogP contribution in [0, 0.1) is 17.3 Å². The van der Waals surface area contributed by atoms with E-state index in [0.29, 0.717) is 17.6 Å². The molecule has 31 heavy (non-hydrogen) atoms. The predicted molar refractivity (Wildman–Crippen MR) is 116 cm³/mol. The second-order valence-electron chi connectivity index (χ2n) is 10.7. The maximum Gasteiger partial charge on any atom is 0.360 e. The van der Waals surface area contributed by atoms with Crippen LogP contribution >= 0.6 is 0 Å². The molecule has 4 aliphatic carbocycles. The fourth-order valence-corrected chi connectivity index (χ4v) is 8.55. The van der Waals surface area contributed by atoms with Crippen LogP contribution in [0.25, 0.3) is 11.0 Å². The number of nitrogens with zero attached hydrogens (tertiary/aromatic N) is 3. The number of benzene rings is 1. The monoisotopic (exact) mass is 419 g/mol. The van der Waals surface area contributed by atoms with Gasteiger partial charge < -0.3 is 9.67 Å². The second-order valence-corrected chi connectivity index (χ2v) is 10.7. The molecule has 1 spiro atoms. The van der Waals surface area contributed by atoms with Gasteiger partial charge in [0.15, 0.2) is 0 Å². The minimum Gasteiger partial charge on any atom is -0.476 e. The molecule has 162 valence electrons. The molecule has 0 radical (unpaired) electrons. The smallest absolute Gasteiger partial charge is 0.360 e. The number of carbonyl (C=O) groups is 1. The quantitative estimate of drug-likeness (QED) is 0.818. The highest BCUT2D eigenvalue weighted by Crippen LogP contribution is 2.74. The van der Waals surface area contributed by atoms with Crippen LogP contribution in [0.5, 0.6) is 0 Å². The average molecular weight is 420 g/mol. The lowest BCUT2D eigenvalue weighted by Crippen LogP contribution is -2.87. The Morgan fingerprint density at radius 3 is 2.32 bits per heavy atom. The third kappa shape index (κ3) is 2.15. The number of hydrogen-bond acceptors (Lipinski definition) is 4. The van der Waals surface area contributed by atoms with Gasteiger partial charge in [0.2, 0.25) is 5.69 Å². The van der Waals surface area contributed by atoms with E-state index < -0.39 is 11.5 Å². The van der Waals surface area contributed by atoms with Crippen LogP contribution in [0.3, 0.4) is 0 Å². The number of fused-ring (bicyclic) bond motifs is 3. The van der Waals surface area contributed by atoms with Crippen LogP contribution in [0.4, 0.5) is 0 Å². The molecule has 4 atom stereocenters. The molecule has 2 aromatic rings. The van der Waals surface area contributed by atoms with Crippen LogP contribution in [0.1, 0.15) is 74.3 Å². The first-order chi connectivity index (χ1) is 15.1. The summed E-state index contributed by atoms with van der Waals surface area (Å²) in [7, 11) is 0. The Labute approximate surface area is 181 Å². The van der Waals surface area contributed by atoms with Gasteiger partial charge in [-0.2, -0.15) is 0 Å². The van der Waals surface area contributed by atoms with E-state index in [1.807, 2.05) is 28.8 Å². The third-order valence-corrected chi connectivity index (χ3v) is 9.80. The van der Waals surface area contributed by atoms with Crippen molar-refractivity contribution in [2.45, 2.75) is 82.0 Å². The van der Waals surface area contributed by atoms with Crippen molar-refractivity contribution >= 4 is 17.0 Å². The molecule has 1 aliphatic heterocycles. The Morgan fingerprint density at radius 1 is 1.00 bits per heavy atom. The number of rotatable bonds is 3. The summed E-state index contributed by atoms with van der Waals surface area (Å²) in [6.45, 7) is 0. The molecule has 6 nitrogen and oxygen atoms in total. The summed E-state index contributed by atoms with van der Waals surface area (Å²) in [5, 5.41) is 9.60. The molecule has 0 amide bonds. The number of aromatic carboxylic acids is 1. The normalized spacial score (nSPS) is 40.8. The highest BCUT2D eigenvalue weighted by Gasteiger charge is 2.77. The summed E-state index contributed by atoms with van der Waals surface area (Å²) in [5.74, 6) is 0.509. The summed E-state index contributed by atoms with van der Waals surface area (Å²) in [6, 6.07) is 9.54. The van der Waals surface area contributed by atoms with Crippen molar-refractivity contribution in [1.29, 1.82) is 0 Å². The van der Waals surface area contributed by atoms with E-state index in [0.717, 1.165) is 36.2 Å². The Kier molecular flexibility index (Phi) is 3.66. The highest BCUT2D eigenvalue weighted by atomic mass is 16.4. The van der Waals surface area contributed by atoms with Gasteiger partial charge in [-0.05, 0) is 68.9 Å². The molecule has 6 heteroatoms. The van der Waals surface area contributed by atoms with Gasteiger partial charge in [0.05, 0.1) is 11.0 Å². The molecular formula is C25H29N3O3. The Balaban J connectivity index is 1.28. The van der Waals surface area contributed by atoms with Crippen molar-refractivity contribution in [1.82, 2.24) is 14.5 Å². The van der Waals surface area contributed by atoms with Gasteiger partial charge >= 0.3 is 5.97 Å². The van der Waals surface area contributed by atoms with E-state index in [1.165, 1.54) is 44.9 Å². The summed E-state index contributed by atoms with van der Waals surface area (Å²) >= 11 is 0. The van der Waals surface area contributed by atoms with Gasteiger partial charge in [-0.1, -0.05) is 25.0 Å². The molecule has 1 aromatic carbocycles. The largest absolute Gasteiger partial charge is 0.476 e. The number of piperidine rings is 2. The van der Waals surface area contributed by atoms with Crippen molar-refractivity contribution < 1.29 is 9.90 Å². The van der Waals surface area contributed by atoms with Crippen LogP contribution in [-0.4, -0.2) is 43.7 Å². The van der Waals surface area contributed by atoms with Crippen molar-refractivity contribution in [3.8, 4) is 0 Å². The summed E-state index contributed by atoms with van der Waals surface area (Å²) < 4.78 is 1.81. The van der Waals surface area contributed by atoms with Crippen LogP contribution in [-0.2, 0) is 0 Å². The zero-order valence-electron chi connectivity index (χ0n) is 17.7. The fourth-order valence-electron chi connectivity index (χ4n) is 8.55. The predicted octanol–water partition coefficient (Wildman–Crippen LogP) is 3.84. The van der Waals surface area contributed by atoms with Crippen LogP contribution in [0.2, 0.25) is 0 Å². The topological polar surface area (TPSA) is 75.4 Å². The lowest BCUT2D eigenvalue weighted by Gasteiger charge is -2.82. The summed E-state index contributed by atoms with van der Waals surface area (Å²) in [5.41, 5.74) is 0.799. The van der Waals surface area contributed by atoms with E-state index >= 15 is 0 Å². The van der Waals surface area contributed by atoms with Crippen molar-refractivity contribution in [3.63, 3.8) is 0 Å². The van der Waals surface area contributed by atoms with E-state index in [4.69, 9.17) is 0 Å². The minimum absolute atomic E-state index is 0.106. The molecule has 1 aromatic heterocycles. The van der Waals surface area contributed by atoms with E-state index in [1.54, 1.807) is 0 Å². The highest BCUT2D eigenvalue weighted by molar-refractivity contribution is 5.88. The molecule has 5 aliphatic rings. The zero-order chi connectivity index (χ0) is 20.9. The SMILES string of the molecule is O=C(O)c1nc2ccccc2n([C@@H]2C[C@H]3N(C4C5CCCC4CCC5)[C@@H]4CCC432)c1=O. The van der Waals surface area contributed by atoms with Crippen LogP contribution < -0.4 is 5.56 Å². The molecule has 2 bridgehead atoms. The van der Waals surface area contributed by atoms with Gasteiger partial charge in [0.25, 0.3) is 5.56 Å². The Morgan fingerprint density at radius 2 is 1.71 bits per heavy atom. The number of aromatic nitrogens is 2. The van der Waals surface area contributed by atoms with Gasteiger partial charge in [-0.3, -0.25) is 9.69 Å². The first-order valence-corrected chi connectivity index (χ1v) is 12.1. The molecule has 2 heterocycles. The molecule has 1 N–H and O–H groups in total. The third-order valence-electron chi connectivity index (χ3n) is 9.80. The molecule has 4 saturated carbocycles. The minimum atomic E-state index is -1.23. The number of carboxylic acids is 1. The number of para-hydroxylation sites is 2. The van der Waals surface area contributed by atoms with Gasteiger partial charge in [0, 0.05) is 29.6 Å². The maximum absolute atomic E-state index is 13.3. The van der Waals surface area contributed by atoms with Gasteiger partial charge in [-0.15, -0.1) is 0 Å². The average Bonchev–Trinajstić information content (AvgIpc) is 2.71. The van der Waals surface area contributed by atoms with Crippen molar-refractivity contribution in [2.75, 3.05) is 0 Å². The lowest BCUT2D eigenvalue weighted by molar-refractivity contribution is -0.320. The second kappa shape index (κ2) is 6.18. The van der Waals surface area contributed by atoms with E-state index in [-0.39, 0.29) is 17.2 Å². The molecule has 1 saturated heterocycles. The number of hydrogen-bond donors (Lipinski definition) is 1. The van der Waals surface area contributed by atoms with E-state index in [9.17, 15) is 14.7 Å². The first-order valence-electron chi connectivity index (χ1n) is 12.1. The fraction of sp³-hybridized carbons (Fsp3) is 0.640. The Hall–Kier alpha value is -2.21. The first kappa shape index (κ1) is 18.4. The van der Waals surface area contributed by atoms with Crippen molar-refractivity contribution in [2.24, 2.45) is 17.3 Å². The van der Waals surface area contributed by atoms with Gasteiger partial charge in [0.1, 0.15) is 0 Å².